The second-order valence-corrected chi connectivity index (χ2v) is 11.6. The Morgan fingerprint density at radius 1 is 1.11 bits per heavy atom. The maximum Gasteiger partial charge on any atom is 0.251 e. The van der Waals surface area contributed by atoms with Gasteiger partial charge in [0, 0.05) is 18.7 Å². The lowest BCUT2D eigenvalue weighted by atomic mass is 10.0. The molecule has 192 valence electrons. The summed E-state index contributed by atoms with van der Waals surface area (Å²) in [6.07, 6.45) is 0.740. The van der Waals surface area contributed by atoms with Gasteiger partial charge in [0.15, 0.2) is 5.78 Å². The third-order valence-corrected chi connectivity index (χ3v) is 8.63. The fourth-order valence-corrected chi connectivity index (χ4v) is 6.69. The molecule has 2 saturated heterocycles. The maximum atomic E-state index is 13.7. The molecular formula is C26H32N4O5S. The van der Waals surface area contributed by atoms with Crippen LogP contribution in [0.5, 0.6) is 0 Å². The highest BCUT2D eigenvalue weighted by Crippen LogP contribution is 2.34. The minimum atomic E-state index is -3.88. The van der Waals surface area contributed by atoms with Gasteiger partial charge in [0.25, 0.3) is 5.91 Å². The lowest BCUT2D eigenvalue weighted by molar-refractivity contribution is -0.138. The highest BCUT2D eigenvalue weighted by Gasteiger charge is 2.54. The van der Waals surface area contributed by atoms with E-state index >= 15 is 0 Å². The summed E-state index contributed by atoms with van der Waals surface area (Å²) in [6.45, 7) is 4.15. The van der Waals surface area contributed by atoms with Crippen molar-refractivity contribution in [3.05, 3.63) is 65.7 Å². The summed E-state index contributed by atoms with van der Waals surface area (Å²) in [6, 6.07) is 12.6. The molecule has 2 unspecified atom stereocenters. The van der Waals surface area contributed by atoms with E-state index in [9.17, 15) is 22.8 Å². The molecule has 2 aliphatic rings. The molecule has 9 nitrogen and oxygen atoms in total. The van der Waals surface area contributed by atoms with E-state index in [2.05, 4.69) is 5.32 Å². The first-order valence-corrected chi connectivity index (χ1v) is 13.6. The van der Waals surface area contributed by atoms with Crippen LogP contribution in [0.1, 0.15) is 42.6 Å². The Hall–Kier alpha value is -3.08. The lowest BCUT2D eigenvalue weighted by Gasteiger charge is -2.29. The normalized spacial score (nSPS) is 21.0. The van der Waals surface area contributed by atoms with Crippen LogP contribution in [0.2, 0.25) is 0 Å². The topological polar surface area (TPSA) is 130 Å². The van der Waals surface area contributed by atoms with Gasteiger partial charge in [-0.25, -0.2) is 8.42 Å². The molecule has 3 N–H and O–H groups in total. The number of carbonyl (C=O) groups is 3. The predicted molar refractivity (Wildman–Crippen MR) is 134 cm³/mol. The quantitative estimate of drug-likeness (QED) is 0.552. The van der Waals surface area contributed by atoms with Gasteiger partial charge in [-0.05, 0) is 48.6 Å². The number of benzene rings is 2. The number of hydrogen-bond acceptors (Lipinski definition) is 6. The Kier molecular flexibility index (Phi) is 7.58. The number of ketones is 1. The minimum absolute atomic E-state index is 0.0993. The number of fused-ring (bicyclic) bond motifs is 1. The monoisotopic (exact) mass is 512 g/mol. The molecule has 0 bridgehead atoms. The third-order valence-electron chi connectivity index (χ3n) is 6.75. The Labute approximate surface area is 211 Å². The van der Waals surface area contributed by atoms with Crippen LogP contribution in [-0.2, 0) is 26.2 Å². The van der Waals surface area contributed by atoms with Gasteiger partial charge < -0.3 is 16.0 Å². The van der Waals surface area contributed by atoms with E-state index in [0.29, 0.717) is 18.4 Å². The van der Waals surface area contributed by atoms with Crippen molar-refractivity contribution in [2.75, 3.05) is 13.1 Å². The molecule has 36 heavy (non-hydrogen) atoms. The van der Waals surface area contributed by atoms with Crippen LogP contribution in [0.25, 0.3) is 0 Å². The fourth-order valence-electron chi connectivity index (χ4n) is 5.04. The summed E-state index contributed by atoms with van der Waals surface area (Å²) in [5.74, 6) is -0.976. The highest BCUT2D eigenvalue weighted by atomic mass is 32.2. The van der Waals surface area contributed by atoms with E-state index in [1.165, 1.54) is 21.3 Å². The van der Waals surface area contributed by atoms with Gasteiger partial charge >= 0.3 is 0 Å². The van der Waals surface area contributed by atoms with Gasteiger partial charge in [-0.2, -0.15) is 4.31 Å². The second kappa shape index (κ2) is 10.5. The summed E-state index contributed by atoms with van der Waals surface area (Å²) in [4.78, 5) is 41.2. The number of amides is 2. The Bertz CT molecular complexity index is 1250. The van der Waals surface area contributed by atoms with Crippen molar-refractivity contribution in [3.8, 4) is 0 Å². The molecule has 0 spiro atoms. The number of carbonyl (C=O) groups excluding carboxylic acids is 3. The number of sulfonamides is 1. The number of nitrogens with one attached hydrogen (secondary N) is 1. The second-order valence-electron chi connectivity index (χ2n) is 9.72. The number of likely N-dealkylation sites (tertiary alicyclic amines) is 1. The molecule has 0 saturated carbocycles. The molecule has 2 heterocycles. The number of Topliss-reactive ketones (excluding diaryl/α,β-unsaturated/α-hetero) is 1. The molecule has 3 atom stereocenters. The molecule has 0 radical (unpaired) electrons. The molecule has 10 heteroatoms. The summed E-state index contributed by atoms with van der Waals surface area (Å²) in [5, 5.41) is 2.84. The van der Waals surface area contributed by atoms with Crippen LogP contribution in [0, 0.1) is 5.92 Å². The van der Waals surface area contributed by atoms with E-state index in [1.54, 1.807) is 36.4 Å². The van der Waals surface area contributed by atoms with E-state index in [0.717, 1.165) is 5.56 Å². The first-order valence-electron chi connectivity index (χ1n) is 12.1. The van der Waals surface area contributed by atoms with Gasteiger partial charge in [0.2, 0.25) is 15.9 Å². The standard InChI is InChI=1S/C26H32N4O5S/c1-17(2)13-21(28-25(32)19-8-6-7-18(14-19)15-27)26(33)29-12-11-22-24(29)23(31)16-30(22)36(34,35)20-9-4-3-5-10-20/h3-10,14,17,21-22,24H,11-13,15-16,27H2,1-2H3,(H,28,32)/t21?,22-,24?/m1/s1. The van der Waals surface area contributed by atoms with Gasteiger partial charge in [-0.3, -0.25) is 14.4 Å². The van der Waals surface area contributed by atoms with E-state index in [1.807, 2.05) is 19.9 Å². The predicted octanol–water partition coefficient (Wildman–Crippen LogP) is 1.53. The number of hydrogen-bond donors (Lipinski definition) is 2. The molecular weight excluding hydrogens is 480 g/mol. The molecule has 0 aromatic heterocycles. The van der Waals surface area contributed by atoms with Crippen LogP contribution in [-0.4, -0.2) is 66.4 Å². The molecule has 4 rings (SSSR count). The van der Waals surface area contributed by atoms with Crippen LogP contribution < -0.4 is 11.1 Å². The number of rotatable bonds is 8. The van der Waals surface area contributed by atoms with Crippen molar-refractivity contribution in [1.29, 1.82) is 0 Å². The molecule has 2 aromatic carbocycles. The SMILES string of the molecule is CC(C)CC(NC(=O)c1cccc(CN)c1)C(=O)N1CC[C@@H]2C1C(=O)CN2S(=O)(=O)c1ccccc1. The molecule has 2 fully saturated rings. The van der Waals surface area contributed by atoms with Crippen molar-refractivity contribution < 1.29 is 22.8 Å². The number of nitrogens with two attached hydrogens (primary N) is 1. The zero-order valence-corrected chi connectivity index (χ0v) is 21.3. The molecule has 2 aromatic rings. The van der Waals surface area contributed by atoms with Crippen molar-refractivity contribution in [2.45, 2.75) is 56.3 Å². The Balaban J connectivity index is 1.55. The first-order chi connectivity index (χ1) is 17.1. The zero-order valence-electron chi connectivity index (χ0n) is 20.5. The molecule has 0 aliphatic carbocycles. The van der Waals surface area contributed by atoms with Gasteiger partial charge in [-0.15, -0.1) is 0 Å². The van der Waals surface area contributed by atoms with E-state index < -0.39 is 34.1 Å². The number of nitrogens with zero attached hydrogens (tertiary/aromatic N) is 2. The van der Waals surface area contributed by atoms with Crippen LogP contribution >= 0.6 is 0 Å². The molecule has 2 amide bonds. The van der Waals surface area contributed by atoms with Gasteiger partial charge in [0.05, 0.1) is 17.5 Å². The summed E-state index contributed by atoms with van der Waals surface area (Å²) in [7, 11) is -3.88. The average molecular weight is 513 g/mol. The van der Waals surface area contributed by atoms with Crippen molar-refractivity contribution in [2.24, 2.45) is 11.7 Å². The summed E-state index contributed by atoms with van der Waals surface area (Å²) in [5.41, 5.74) is 6.89. The van der Waals surface area contributed by atoms with Crippen molar-refractivity contribution in [1.82, 2.24) is 14.5 Å². The van der Waals surface area contributed by atoms with Crippen LogP contribution in [0.3, 0.4) is 0 Å². The van der Waals surface area contributed by atoms with E-state index in [-0.39, 0.29) is 42.1 Å². The maximum absolute atomic E-state index is 13.7. The largest absolute Gasteiger partial charge is 0.340 e. The highest BCUT2D eigenvalue weighted by molar-refractivity contribution is 7.89. The van der Waals surface area contributed by atoms with Crippen LogP contribution in [0.15, 0.2) is 59.5 Å². The average Bonchev–Trinajstić information content (AvgIpc) is 3.45. The smallest absolute Gasteiger partial charge is 0.251 e. The Morgan fingerprint density at radius 3 is 2.50 bits per heavy atom. The first kappa shape index (κ1) is 26.0. The Morgan fingerprint density at radius 2 is 1.83 bits per heavy atom. The zero-order chi connectivity index (χ0) is 26.0. The summed E-state index contributed by atoms with van der Waals surface area (Å²) < 4.78 is 27.7. The van der Waals surface area contributed by atoms with Gasteiger partial charge in [0.1, 0.15) is 12.1 Å². The van der Waals surface area contributed by atoms with Crippen molar-refractivity contribution >= 4 is 27.6 Å². The van der Waals surface area contributed by atoms with Gasteiger partial charge in [-0.1, -0.05) is 44.2 Å². The van der Waals surface area contributed by atoms with Crippen LogP contribution in [0.4, 0.5) is 0 Å². The minimum Gasteiger partial charge on any atom is -0.340 e. The molecule has 2 aliphatic heterocycles. The van der Waals surface area contributed by atoms with Crippen molar-refractivity contribution in [3.63, 3.8) is 0 Å². The fraction of sp³-hybridized carbons (Fsp3) is 0.423. The third kappa shape index (κ3) is 5.07. The lowest BCUT2D eigenvalue weighted by Crippen LogP contribution is -2.53. The summed E-state index contributed by atoms with van der Waals surface area (Å²) >= 11 is 0. The van der Waals surface area contributed by atoms with E-state index in [4.69, 9.17) is 5.73 Å².